The van der Waals surface area contributed by atoms with Crippen LogP contribution >= 0.6 is 0 Å². The van der Waals surface area contributed by atoms with Gasteiger partial charge in [-0.15, -0.1) is 0 Å². The first-order chi connectivity index (χ1) is 10.7. The first kappa shape index (κ1) is 15.7. The van der Waals surface area contributed by atoms with Gasteiger partial charge in [-0.2, -0.15) is 0 Å². The first-order valence-electron chi connectivity index (χ1n) is 6.69. The first-order valence-corrected chi connectivity index (χ1v) is 6.69. The zero-order valence-corrected chi connectivity index (χ0v) is 12.8. The molecule has 0 aliphatic heterocycles. The number of imidazole rings is 1. The number of hydrogen-bond acceptors (Lipinski definition) is 5. The van der Waals surface area contributed by atoms with Crippen LogP contribution < -0.4 is 19.5 Å². The maximum Gasteiger partial charge on any atom is 0.240 e. The predicted octanol–water partition coefficient (Wildman–Crippen LogP) is 1.23. The number of methoxy groups -OCH3 is 3. The Morgan fingerprint density at radius 1 is 1.14 bits per heavy atom. The highest BCUT2D eigenvalue weighted by Crippen LogP contribution is 2.34. The minimum atomic E-state index is -0.116. The summed E-state index contributed by atoms with van der Waals surface area (Å²) in [7, 11) is 4.69. The Morgan fingerprint density at radius 2 is 1.82 bits per heavy atom. The molecule has 1 aromatic heterocycles. The highest BCUT2D eigenvalue weighted by atomic mass is 16.5. The van der Waals surface area contributed by atoms with Gasteiger partial charge >= 0.3 is 0 Å². The molecule has 0 unspecified atom stereocenters. The number of amides is 1. The van der Waals surface area contributed by atoms with Gasteiger partial charge in [0.05, 0.1) is 27.7 Å². The van der Waals surface area contributed by atoms with E-state index < -0.39 is 0 Å². The van der Waals surface area contributed by atoms with Crippen LogP contribution in [0.3, 0.4) is 0 Å². The molecule has 7 nitrogen and oxygen atoms in total. The molecule has 0 aliphatic rings. The summed E-state index contributed by atoms with van der Waals surface area (Å²) in [5.74, 6) is 1.67. The lowest BCUT2D eigenvalue weighted by atomic mass is 10.1. The fraction of sp³-hybridized carbons (Fsp3) is 0.333. The Balaban J connectivity index is 2.06. The topological polar surface area (TPSA) is 74.6 Å². The minimum absolute atomic E-state index is 0.116. The van der Waals surface area contributed by atoms with Crippen LogP contribution in [0.25, 0.3) is 0 Å². The number of rotatable bonds is 7. The van der Waals surface area contributed by atoms with Crippen LogP contribution in [0.4, 0.5) is 0 Å². The molecule has 118 valence electrons. The van der Waals surface area contributed by atoms with Crippen molar-refractivity contribution >= 4 is 5.91 Å². The van der Waals surface area contributed by atoms with E-state index in [1.54, 1.807) is 56.8 Å². The summed E-state index contributed by atoms with van der Waals surface area (Å²) < 4.78 is 17.5. The second-order valence-electron chi connectivity index (χ2n) is 4.53. The van der Waals surface area contributed by atoms with Crippen molar-refractivity contribution < 1.29 is 19.0 Å². The standard InChI is InChI=1S/C15H19N3O4/c1-20-12-7-14(22-3)13(21-2)6-11(12)8-17-15(19)9-18-5-4-16-10-18/h4-7,10H,8-9H2,1-3H3,(H,17,19). The quantitative estimate of drug-likeness (QED) is 0.832. The maximum absolute atomic E-state index is 11.9. The molecule has 0 aliphatic carbocycles. The number of carbonyl (C=O) groups excluding carboxylic acids is 1. The normalized spacial score (nSPS) is 10.1. The second-order valence-corrected chi connectivity index (χ2v) is 4.53. The Labute approximate surface area is 128 Å². The van der Waals surface area contributed by atoms with Crippen molar-refractivity contribution in [2.45, 2.75) is 13.1 Å². The molecule has 0 fully saturated rings. The van der Waals surface area contributed by atoms with Crippen molar-refractivity contribution in [2.24, 2.45) is 0 Å². The fourth-order valence-corrected chi connectivity index (χ4v) is 2.03. The molecule has 0 saturated carbocycles. The fourth-order valence-electron chi connectivity index (χ4n) is 2.03. The summed E-state index contributed by atoms with van der Waals surface area (Å²) in [5, 5.41) is 2.84. The molecule has 1 N–H and O–H groups in total. The molecule has 0 spiro atoms. The van der Waals surface area contributed by atoms with E-state index in [4.69, 9.17) is 14.2 Å². The smallest absolute Gasteiger partial charge is 0.240 e. The summed E-state index contributed by atoms with van der Waals surface area (Å²) in [6, 6.07) is 3.52. The van der Waals surface area contributed by atoms with Gasteiger partial charge in [-0.25, -0.2) is 4.98 Å². The molecule has 0 bridgehead atoms. The average molecular weight is 305 g/mol. The number of nitrogens with one attached hydrogen (secondary N) is 1. The lowest BCUT2D eigenvalue weighted by Crippen LogP contribution is -2.26. The molecule has 1 amide bonds. The van der Waals surface area contributed by atoms with Crippen LogP contribution in [0.5, 0.6) is 17.2 Å². The van der Waals surface area contributed by atoms with Gasteiger partial charge in [-0.3, -0.25) is 4.79 Å². The molecule has 1 heterocycles. The summed E-state index contributed by atoms with van der Waals surface area (Å²) >= 11 is 0. The molecule has 2 aromatic rings. The van der Waals surface area contributed by atoms with E-state index in [1.165, 1.54) is 0 Å². The van der Waals surface area contributed by atoms with Gasteiger partial charge in [-0.05, 0) is 6.07 Å². The molecule has 0 atom stereocenters. The summed E-state index contributed by atoms with van der Waals surface area (Å²) in [4.78, 5) is 15.8. The third-order valence-electron chi connectivity index (χ3n) is 3.15. The van der Waals surface area contributed by atoms with Gasteiger partial charge in [-0.1, -0.05) is 0 Å². The Kier molecular flexibility index (Phi) is 5.24. The average Bonchev–Trinajstić information content (AvgIpc) is 3.04. The predicted molar refractivity (Wildman–Crippen MR) is 80.2 cm³/mol. The van der Waals surface area contributed by atoms with Crippen molar-refractivity contribution in [1.82, 2.24) is 14.9 Å². The van der Waals surface area contributed by atoms with Crippen LogP contribution in [0.2, 0.25) is 0 Å². The highest BCUT2D eigenvalue weighted by molar-refractivity contribution is 5.75. The maximum atomic E-state index is 11.9. The lowest BCUT2D eigenvalue weighted by molar-refractivity contribution is -0.121. The van der Waals surface area contributed by atoms with Crippen LogP contribution in [0.1, 0.15) is 5.56 Å². The summed E-state index contributed by atoms with van der Waals surface area (Å²) in [6.45, 7) is 0.548. The van der Waals surface area contributed by atoms with Gasteiger partial charge in [0.25, 0.3) is 0 Å². The van der Waals surface area contributed by atoms with Gasteiger partial charge in [0, 0.05) is 30.6 Å². The van der Waals surface area contributed by atoms with Gasteiger partial charge in [0.15, 0.2) is 11.5 Å². The van der Waals surface area contributed by atoms with Crippen LogP contribution in [-0.2, 0) is 17.9 Å². The van der Waals surface area contributed by atoms with Crippen LogP contribution in [0, 0.1) is 0 Å². The van der Waals surface area contributed by atoms with Gasteiger partial charge in [0.1, 0.15) is 12.3 Å². The van der Waals surface area contributed by atoms with Crippen molar-refractivity contribution in [3.63, 3.8) is 0 Å². The third-order valence-corrected chi connectivity index (χ3v) is 3.15. The molecule has 2 rings (SSSR count). The number of hydrogen-bond donors (Lipinski definition) is 1. The zero-order chi connectivity index (χ0) is 15.9. The second kappa shape index (κ2) is 7.35. The molecule has 0 saturated heterocycles. The van der Waals surface area contributed by atoms with E-state index in [0.717, 1.165) is 5.56 Å². The SMILES string of the molecule is COc1cc(OC)c(OC)cc1CNC(=O)Cn1ccnc1. The molecule has 1 aromatic carbocycles. The Morgan fingerprint density at radius 3 is 2.41 bits per heavy atom. The minimum Gasteiger partial charge on any atom is -0.496 e. The van der Waals surface area contributed by atoms with E-state index >= 15 is 0 Å². The van der Waals surface area contributed by atoms with E-state index in [-0.39, 0.29) is 12.5 Å². The molecule has 0 radical (unpaired) electrons. The highest BCUT2D eigenvalue weighted by Gasteiger charge is 2.12. The van der Waals surface area contributed by atoms with E-state index in [0.29, 0.717) is 23.8 Å². The number of aromatic nitrogens is 2. The third kappa shape index (κ3) is 3.69. The molecule has 7 heteroatoms. The molecular formula is C15H19N3O4. The number of ether oxygens (including phenoxy) is 3. The van der Waals surface area contributed by atoms with Crippen LogP contribution in [-0.4, -0.2) is 36.8 Å². The Bertz CT molecular complexity index is 626. The monoisotopic (exact) mass is 305 g/mol. The van der Waals surface area contributed by atoms with Gasteiger partial charge in [0.2, 0.25) is 5.91 Å². The largest absolute Gasteiger partial charge is 0.496 e. The number of carbonyl (C=O) groups is 1. The molecule has 22 heavy (non-hydrogen) atoms. The zero-order valence-electron chi connectivity index (χ0n) is 12.8. The van der Waals surface area contributed by atoms with Crippen molar-refractivity contribution in [3.05, 3.63) is 36.4 Å². The van der Waals surface area contributed by atoms with E-state index in [1.807, 2.05) is 0 Å². The molecular weight excluding hydrogens is 286 g/mol. The van der Waals surface area contributed by atoms with Crippen LogP contribution in [0.15, 0.2) is 30.9 Å². The Hall–Kier alpha value is -2.70. The van der Waals surface area contributed by atoms with Gasteiger partial charge < -0.3 is 24.1 Å². The summed E-state index contributed by atoms with van der Waals surface area (Å²) in [6.07, 6.45) is 4.96. The van der Waals surface area contributed by atoms with Crippen molar-refractivity contribution in [1.29, 1.82) is 0 Å². The van der Waals surface area contributed by atoms with Crippen molar-refractivity contribution in [2.75, 3.05) is 21.3 Å². The van der Waals surface area contributed by atoms with Crippen molar-refractivity contribution in [3.8, 4) is 17.2 Å². The summed E-state index contributed by atoms with van der Waals surface area (Å²) in [5.41, 5.74) is 0.805. The number of nitrogens with zero attached hydrogens (tertiary/aromatic N) is 2. The van der Waals surface area contributed by atoms with E-state index in [9.17, 15) is 4.79 Å². The number of benzene rings is 1. The van der Waals surface area contributed by atoms with E-state index in [2.05, 4.69) is 10.3 Å². The lowest BCUT2D eigenvalue weighted by Gasteiger charge is -2.14.